The summed E-state index contributed by atoms with van der Waals surface area (Å²) in [6, 6.07) is 9.54. The molecule has 0 saturated carbocycles. The Kier molecular flexibility index (Phi) is 7.72. The van der Waals surface area contributed by atoms with Gasteiger partial charge in [0.15, 0.2) is 6.61 Å². The van der Waals surface area contributed by atoms with Gasteiger partial charge in [-0.1, -0.05) is 18.2 Å². The number of ether oxygens (including phenoxy) is 1. The Bertz CT molecular complexity index is 591. The van der Waals surface area contributed by atoms with Crippen LogP contribution in [0.4, 0.5) is 0 Å². The van der Waals surface area contributed by atoms with Gasteiger partial charge in [0.05, 0.1) is 0 Å². The lowest BCUT2D eigenvalue weighted by Gasteiger charge is -2.34. The number of benzene rings is 1. The molecule has 2 N–H and O–H groups in total. The van der Waals surface area contributed by atoms with Gasteiger partial charge >= 0.3 is 0 Å². The molecular weight excluding hydrogens is 354 g/mol. The Morgan fingerprint density at radius 1 is 1.08 bits per heavy atom. The van der Waals surface area contributed by atoms with E-state index in [0.29, 0.717) is 25.4 Å². The molecule has 0 radical (unpaired) electrons. The van der Waals surface area contributed by atoms with Gasteiger partial charge in [-0.05, 0) is 37.8 Å². The zero-order valence-corrected chi connectivity index (χ0v) is 15.8. The lowest BCUT2D eigenvalue weighted by Crippen LogP contribution is -2.48. The number of nitrogens with zero attached hydrogens (tertiary/aromatic N) is 2. The highest BCUT2D eigenvalue weighted by atomic mass is 35.5. The lowest BCUT2D eigenvalue weighted by atomic mass is 9.95. The van der Waals surface area contributed by atoms with Crippen LogP contribution < -0.4 is 10.5 Å². The largest absolute Gasteiger partial charge is 0.484 e. The summed E-state index contributed by atoms with van der Waals surface area (Å²) >= 11 is 0. The summed E-state index contributed by atoms with van der Waals surface area (Å²) in [4.78, 5) is 28.8. The third kappa shape index (κ3) is 4.89. The second-order valence-corrected chi connectivity index (χ2v) is 6.82. The monoisotopic (exact) mass is 381 g/mol. The van der Waals surface area contributed by atoms with Gasteiger partial charge in [-0.15, -0.1) is 12.4 Å². The number of carbonyl (C=O) groups excluding carboxylic acids is 2. The number of amides is 2. The Hall–Kier alpha value is -1.79. The summed E-state index contributed by atoms with van der Waals surface area (Å²) in [5, 5.41) is 0. The Morgan fingerprint density at radius 2 is 1.77 bits per heavy atom. The number of hydrogen-bond acceptors (Lipinski definition) is 4. The number of hydrogen-bond donors (Lipinski definition) is 1. The molecular formula is C19H28ClN3O3. The van der Waals surface area contributed by atoms with Crippen molar-refractivity contribution >= 4 is 24.2 Å². The van der Waals surface area contributed by atoms with Gasteiger partial charge in [-0.3, -0.25) is 9.59 Å². The summed E-state index contributed by atoms with van der Waals surface area (Å²) < 4.78 is 5.52. The first-order chi connectivity index (χ1) is 12.2. The minimum Gasteiger partial charge on any atom is -0.484 e. The quantitative estimate of drug-likeness (QED) is 0.841. The SMILES string of the molecule is Cl.NCC1CCCN1C(=O)C1CCN(C(=O)COc2ccccc2)CC1. The lowest BCUT2D eigenvalue weighted by molar-refractivity contribution is -0.142. The first-order valence-electron chi connectivity index (χ1n) is 9.15. The molecule has 2 fully saturated rings. The molecule has 0 aromatic heterocycles. The van der Waals surface area contributed by atoms with Crippen LogP contribution in [-0.2, 0) is 9.59 Å². The zero-order valence-electron chi connectivity index (χ0n) is 15.0. The second kappa shape index (κ2) is 9.78. The van der Waals surface area contributed by atoms with Crippen LogP contribution in [0, 0.1) is 5.92 Å². The van der Waals surface area contributed by atoms with E-state index < -0.39 is 0 Å². The van der Waals surface area contributed by atoms with E-state index in [9.17, 15) is 9.59 Å². The van der Waals surface area contributed by atoms with Crippen molar-refractivity contribution < 1.29 is 14.3 Å². The van der Waals surface area contributed by atoms with Gasteiger partial charge in [-0.25, -0.2) is 0 Å². The van der Waals surface area contributed by atoms with E-state index in [1.165, 1.54) is 0 Å². The van der Waals surface area contributed by atoms with Crippen LogP contribution in [0.3, 0.4) is 0 Å². The molecule has 1 unspecified atom stereocenters. The molecule has 2 aliphatic rings. The molecule has 2 aliphatic heterocycles. The summed E-state index contributed by atoms with van der Waals surface area (Å²) in [6.45, 7) is 2.65. The molecule has 144 valence electrons. The van der Waals surface area contributed by atoms with Crippen LogP contribution in [0.15, 0.2) is 30.3 Å². The fourth-order valence-corrected chi connectivity index (χ4v) is 3.73. The smallest absolute Gasteiger partial charge is 0.260 e. The zero-order chi connectivity index (χ0) is 17.6. The molecule has 0 aliphatic carbocycles. The average Bonchev–Trinajstić information content (AvgIpc) is 3.15. The van der Waals surface area contributed by atoms with Crippen LogP contribution in [-0.4, -0.2) is 60.4 Å². The first kappa shape index (κ1) is 20.5. The van der Waals surface area contributed by atoms with Gasteiger partial charge in [0.2, 0.25) is 5.91 Å². The highest BCUT2D eigenvalue weighted by Gasteiger charge is 2.34. The number of carbonyl (C=O) groups is 2. The van der Waals surface area contributed by atoms with Crippen LogP contribution >= 0.6 is 12.4 Å². The maximum atomic E-state index is 12.7. The van der Waals surface area contributed by atoms with E-state index in [1.54, 1.807) is 4.90 Å². The number of nitrogens with two attached hydrogens (primary N) is 1. The van der Waals surface area contributed by atoms with Crippen molar-refractivity contribution in [3.8, 4) is 5.75 Å². The number of para-hydroxylation sites is 1. The average molecular weight is 382 g/mol. The molecule has 3 rings (SSSR count). The maximum Gasteiger partial charge on any atom is 0.260 e. The molecule has 6 nitrogen and oxygen atoms in total. The fourth-order valence-electron chi connectivity index (χ4n) is 3.73. The standard InChI is InChI=1S/C19H27N3O3.ClH/c20-13-16-5-4-10-22(16)19(24)15-8-11-21(12-9-15)18(23)14-25-17-6-2-1-3-7-17;/h1-3,6-7,15-16H,4-5,8-14,20H2;1H. The molecule has 0 spiro atoms. The van der Waals surface area contributed by atoms with Crippen molar-refractivity contribution in [2.45, 2.75) is 31.7 Å². The van der Waals surface area contributed by atoms with E-state index >= 15 is 0 Å². The normalized spacial score (nSPS) is 20.6. The van der Waals surface area contributed by atoms with E-state index in [-0.39, 0.29) is 42.8 Å². The fraction of sp³-hybridized carbons (Fsp3) is 0.579. The van der Waals surface area contributed by atoms with Gasteiger partial charge in [-0.2, -0.15) is 0 Å². The van der Waals surface area contributed by atoms with Crippen LogP contribution in [0.5, 0.6) is 5.75 Å². The van der Waals surface area contributed by atoms with Crippen molar-refractivity contribution in [3.63, 3.8) is 0 Å². The Labute approximate surface area is 161 Å². The van der Waals surface area contributed by atoms with E-state index in [1.807, 2.05) is 35.2 Å². The molecule has 2 heterocycles. The molecule has 1 aromatic carbocycles. The highest BCUT2D eigenvalue weighted by molar-refractivity contribution is 5.85. The van der Waals surface area contributed by atoms with Crippen molar-refractivity contribution in [3.05, 3.63) is 30.3 Å². The minimum atomic E-state index is -0.0178. The van der Waals surface area contributed by atoms with Crippen molar-refractivity contribution in [1.29, 1.82) is 0 Å². The van der Waals surface area contributed by atoms with Gasteiger partial charge in [0, 0.05) is 38.1 Å². The summed E-state index contributed by atoms with van der Waals surface area (Å²) in [5.41, 5.74) is 5.77. The number of halogens is 1. The first-order valence-corrected chi connectivity index (χ1v) is 9.15. The molecule has 26 heavy (non-hydrogen) atoms. The number of rotatable bonds is 5. The van der Waals surface area contributed by atoms with E-state index in [2.05, 4.69) is 0 Å². The third-order valence-corrected chi connectivity index (χ3v) is 5.23. The van der Waals surface area contributed by atoms with Crippen molar-refractivity contribution in [2.24, 2.45) is 11.7 Å². The van der Waals surface area contributed by atoms with Crippen molar-refractivity contribution in [1.82, 2.24) is 9.80 Å². The Balaban J connectivity index is 0.00000243. The van der Waals surface area contributed by atoms with E-state index in [0.717, 1.165) is 32.2 Å². The second-order valence-electron chi connectivity index (χ2n) is 6.82. The van der Waals surface area contributed by atoms with Crippen LogP contribution in [0.2, 0.25) is 0 Å². The van der Waals surface area contributed by atoms with Crippen LogP contribution in [0.1, 0.15) is 25.7 Å². The maximum absolute atomic E-state index is 12.7. The van der Waals surface area contributed by atoms with Crippen LogP contribution in [0.25, 0.3) is 0 Å². The molecule has 0 bridgehead atoms. The third-order valence-electron chi connectivity index (χ3n) is 5.23. The molecule has 2 amide bonds. The summed E-state index contributed by atoms with van der Waals surface area (Å²) in [7, 11) is 0. The molecule has 7 heteroatoms. The predicted octanol–water partition coefficient (Wildman–Crippen LogP) is 1.68. The van der Waals surface area contributed by atoms with Gasteiger partial charge in [0.1, 0.15) is 5.75 Å². The predicted molar refractivity (Wildman–Crippen MR) is 102 cm³/mol. The van der Waals surface area contributed by atoms with Crippen molar-refractivity contribution in [2.75, 3.05) is 32.8 Å². The molecule has 1 aromatic rings. The molecule has 2 saturated heterocycles. The van der Waals surface area contributed by atoms with Gasteiger partial charge in [0.25, 0.3) is 5.91 Å². The highest BCUT2D eigenvalue weighted by Crippen LogP contribution is 2.25. The number of likely N-dealkylation sites (tertiary alicyclic amines) is 2. The topological polar surface area (TPSA) is 75.9 Å². The summed E-state index contributed by atoms with van der Waals surface area (Å²) in [5.74, 6) is 0.922. The van der Waals surface area contributed by atoms with E-state index in [4.69, 9.17) is 10.5 Å². The number of piperidine rings is 1. The molecule has 1 atom stereocenters. The minimum absolute atomic E-state index is 0. The van der Waals surface area contributed by atoms with Gasteiger partial charge < -0.3 is 20.3 Å². The summed E-state index contributed by atoms with van der Waals surface area (Å²) in [6.07, 6.45) is 3.51. The Morgan fingerprint density at radius 3 is 2.42 bits per heavy atom.